The maximum Gasteiger partial charge on any atom is 0.306 e. The second-order valence-electron chi connectivity index (χ2n) is 7.06. The Labute approximate surface area is 164 Å². The Morgan fingerprint density at radius 1 is 1.30 bits per heavy atom. The van der Waals surface area contributed by atoms with E-state index in [1.54, 1.807) is 0 Å². The predicted molar refractivity (Wildman–Crippen MR) is 110 cm³/mol. The molecule has 1 aliphatic carbocycles. The zero-order chi connectivity index (χ0) is 18.8. The molecule has 4 nitrogen and oxygen atoms in total. The van der Waals surface area contributed by atoms with Gasteiger partial charge in [-0.1, -0.05) is 30.3 Å². The van der Waals surface area contributed by atoms with Crippen LogP contribution in [0.25, 0.3) is 11.0 Å². The predicted octanol–water partition coefficient (Wildman–Crippen LogP) is 5.12. The number of benzene rings is 2. The molecule has 3 aromatic rings. The van der Waals surface area contributed by atoms with Gasteiger partial charge in [-0.25, -0.2) is 0 Å². The molecule has 0 radical (unpaired) electrons. The molecule has 1 aromatic heterocycles. The Hall–Kier alpha value is -2.40. The van der Waals surface area contributed by atoms with E-state index in [1.165, 1.54) is 17.5 Å². The molecule has 0 spiro atoms. The van der Waals surface area contributed by atoms with Gasteiger partial charge >= 0.3 is 5.97 Å². The highest BCUT2D eigenvalue weighted by Gasteiger charge is 2.23. The number of imidazole rings is 1. The molecule has 2 aromatic carbocycles. The number of carbonyl (C=O) groups excluding carboxylic acids is 1. The van der Waals surface area contributed by atoms with E-state index in [2.05, 4.69) is 52.0 Å². The highest BCUT2D eigenvalue weighted by atomic mass is 32.1. The molecule has 5 heteroatoms. The van der Waals surface area contributed by atoms with Crippen molar-refractivity contribution in [1.29, 1.82) is 0 Å². The van der Waals surface area contributed by atoms with Crippen LogP contribution < -0.4 is 0 Å². The Balaban J connectivity index is 1.67. The number of nitrogens with zero attached hydrogens (tertiary/aromatic N) is 1. The van der Waals surface area contributed by atoms with E-state index in [1.807, 2.05) is 6.92 Å². The van der Waals surface area contributed by atoms with Gasteiger partial charge in [0.15, 0.2) is 4.77 Å². The molecule has 0 saturated carbocycles. The lowest BCUT2D eigenvalue weighted by molar-refractivity contribution is -0.143. The maximum absolute atomic E-state index is 11.6. The number of hydrogen-bond donors (Lipinski definition) is 1. The topological polar surface area (TPSA) is 47.0 Å². The van der Waals surface area contributed by atoms with Crippen molar-refractivity contribution in [2.75, 3.05) is 6.61 Å². The summed E-state index contributed by atoms with van der Waals surface area (Å²) in [4.78, 5) is 15.0. The number of carbonyl (C=O) groups is 1. The first-order valence-corrected chi connectivity index (χ1v) is 10.0. The number of aromatic amines is 1. The van der Waals surface area contributed by atoms with Crippen LogP contribution in [0.4, 0.5) is 0 Å². The smallest absolute Gasteiger partial charge is 0.306 e. The minimum atomic E-state index is -0.151. The van der Waals surface area contributed by atoms with Crippen molar-refractivity contribution in [3.63, 3.8) is 0 Å². The van der Waals surface area contributed by atoms with Crippen molar-refractivity contribution >= 4 is 29.2 Å². The van der Waals surface area contributed by atoms with Gasteiger partial charge in [-0.2, -0.15) is 0 Å². The van der Waals surface area contributed by atoms with Crippen LogP contribution in [0.15, 0.2) is 42.5 Å². The van der Waals surface area contributed by atoms with Gasteiger partial charge in [0.05, 0.1) is 23.7 Å². The van der Waals surface area contributed by atoms with E-state index in [4.69, 9.17) is 17.0 Å². The summed E-state index contributed by atoms with van der Waals surface area (Å²) in [6.45, 7) is 2.26. The van der Waals surface area contributed by atoms with Gasteiger partial charge in [0, 0.05) is 6.42 Å². The second kappa shape index (κ2) is 7.69. The zero-order valence-corrected chi connectivity index (χ0v) is 16.3. The monoisotopic (exact) mass is 380 g/mol. The number of H-pyrrole nitrogens is 1. The largest absolute Gasteiger partial charge is 0.466 e. The molecule has 0 bridgehead atoms. The van der Waals surface area contributed by atoms with E-state index >= 15 is 0 Å². The molecule has 140 valence electrons. The summed E-state index contributed by atoms with van der Waals surface area (Å²) in [5.41, 5.74) is 6.08. The third-order valence-electron chi connectivity index (χ3n) is 5.35. The summed E-state index contributed by atoms with van der Waals surface area (Å²) in [6, 6.07) is 15.3. The molecule has 0 amide bonds. The third-order valence-corrected chi connectivity index (χ3v) is 5.65. The molecule has 4 rings (SSSR count). The number of aryl methyl sites for hydroxylation is 2. The standard InChI is InChI=1S/C22H24N2O2S/c1-2-26-21(25)13-11-15-10-12-20-18(14-15)23-22(27)24(20)19-9-5-7-16-6-3-4-8-17(16)19/h3-4,6,8,10,12,14,19H,2,5,7,9,11,13H2,1H3,(H,23,27). The summed E-state index contributed by atoms with van der Waals surface area (Å²) in [5.74, 6) is -0.151. The molecule has 1 heterocycles. The fourth-order valence-electron chi connectivity index (χ4n) is 4.12. The molecule has 27 heavy (non-hydrogen) atoms. The highest BCUT2D eigenvalue weighted by molar-refractivity contribution is 7.71. The van der Waals surface area contributed by atoms with Crippen molar-refractivity contribution in [1.82, 2.24) is 9.55 Å². The van der Waals surface area contributed by atoms with E-state index in [0.717, 1.165) is 34.2 Å². The number of rotatable bonds is 5. The van der Waals surface area contributed by atoms with Crippen molar-refractivity contribution in [3.05, 3.63) is 63.9 Å². The SMILES string of the molecule is CCOC(=O)CCc1ccc2c(c1)[nH]c(=S)n2C1CCCc2ccccc21. The first kappa shape index (κ1) is 18.0. The summed E-state index contributed by atoms with van der Waals surface area (Å²) in [6.07, 6.45) is 4.49. The fraction of sp³-hybridized carbons (Fsp3) is 0.364. The average molecular weight is 381 g/mol. The fourth-order valence-corrected chi connectivity index (χ4v) is 4.45. The van der Waals surface area contributed by atoms with Crippen LogP contribution in [0.1, 0.15) is 48.9 Å². The molecule has 1 N–H and O–H groups in total. The van der Waals surface area contributed by atoms with Gasteiger partial charge < -0.3 is 14.3 Å². The van der Waals surface area contributed by atoms with E-state index < -0.39 is 0 Å². The van der Waals surface area contributed by atoms with Gasteiger partial charge in [0.25, 0.3) is 0 Å². The minimum Gasteiger partial charge on any atom is -0.466 e. The molecule has 1 atom stereocenters. The van der Waals surface area contributed by atoms with E-state index in [9.17, 15) is 4.79 Å². The van der Waals surface area contributed by atoms with Crippen molar-refractivity contribution in [3.8, 4) is 0 Å². The Morgan fingerprint density at radius 3 is 3.00 bits per heavy atom. The Bertz CT molecular complexity index is 1030. The number of ether oxygens (including phenoxy) is 1. The van der Waals surface area contributed by atoms with Crippen LogP contribution >= 0.6 is 12.2 Å². The van der Waals surface area contributed by atoms with Crippen LogP contribution in [0.2, 0.25) is 0 Å². The lowest BCUT2D eigenvalue weighted by Crippen LogP contribution is -2.17. The van der Waals surface area contributed by atoms with Crippen molar-refractivity contribution < 1.29 is 9.53 Å². The molecule has 0 aliphatic heterocycles. The molecule has 1 unspecified atom stereocenters. The Morgan fingerprint density at radius 2 is 2.15 bits per heavy atom. The van der Waals surface area contributed by atoms with Crippen LogP contribution in [-0.2, 0) is 22.4 Å². The zero-order valence-electron chi connectivity index (χ0n) is 15.5. The van der Waals surface area contributed by atoms with Crippen LogP contribution in [-0.4, -0.2) is 22.1 Å². The summed E-state index contributed by atoms with van der Waals surface area (Å²) in [7, 11) is 0. The summed E-state index contributed by atoms with van der Waals surface area (Å²) in [5, 5.41) is 0. The van der Waals surface area contributed by atoms with Gasteiger partial charge in [-0.05, 0) is 73.6 Å². The van der Waals surface area contributed by atoms with Gasteiger partial charge in [-0.3, -0.25) is 4.79 Å². The normalized spacial score (nSPS) is 16.3. The molecule has 0 saturated heterocycles. The molecule has 1 aliphatic rings. The lowest BCUT2D eigenvalue weighted by Gasteiger charge is -2.27. The van der Waals surface area contributed by atoms with Gasteiger partial charge in [0.1, 0.15) is 0 Å². The highest BCUT2D eigenvalue weighted by Crippen LogP contribution is 2.35. The average Bonchev–Trinajstić information content (AvgIpc) is 3.01. The summed E-state index contributed by atoms with van der Waals surface area (Å²) < 4.78 is 8.04. The van der Waals surface area contributed by atoms with Gasteiger partial charge in [-0.15, -0.1) is 0 Å². The summed E-state index contributed by atoms with van der Waals surface area (Å²) >= 11 is 5.68. The first-order chi connectivity index (χ1) is 13.2. The van der Waals surface area contributed by atoms with Crippen LogP contribution in [0, 0.1) is 4.77 Å². The molecule has 0 fully saturated rings. The quantitative estimate of drug-likeness (QED) is 0.494. The van der Waals surface area contributed by atoms with E-state index in [0.29, 0.717) is 19.4 Å². The Kier molecular flexibility index (Phi) is 5.12. The number of fused-ring (bicyclic) bond motifs is 2. The van der Waals surface area contributed by atoms with Crippen molar-refractivity contribution in [2.45, 2.75) is 45.1 Å². The van der Waals surface area contributed by atoms with Crippen LogP contribution in [0.3, 0.4) is 0 Å². The number of hydrogen-bond acceptors (Lipinski definition) is 3. The van der Waals surface area contributed by atoms with Crippen molar-refractivity contribution in [2.24, 2.45) is 0 Å². The number of nitrogens with one attached hydrogen (secondary N) is 1. The minimum absolute atomic E-state index is 0.151. The van der Waals surface area contributed by atoms with Crippen LogP contribution in [0.5, 0.6) is 0 Å². The number of aromatic nitrogens is 2. The molecular formula is C22H24N2O2S. The van der Waals surface area contributed by atoms with Gasteiger partial charge in [0.2, 0.25) is 0 Å². The van der Waals surface area contributed by atoms with E-state index in [-0.39, 0.29) is 12.0 Å². The first-order valence-electron chi connectivity index (χ1n) is 9.64. The molecular weight excluding hydrogens is 356 g/mol. The maximum atomic E-state index is 11.6. The third kappa shape index (κ3) is 3.56. The lowest BCUT2D eigenvalue weighted by atomic mass is 9.87. The number of esters is 1. The second-order valence-corrected chi connectivity index (χ2v) is 7.45.